The third kappa shape index (κ3) is 4.80. The van der Waals surface area contributed by atoms with E-state index in [2.05, 4.69) is 10.3 Å². The number of likely N-dealkylation sites (tertiary alicyclic amines) is 1. The van der Waals surface area contributed by atoms with Crippen LogP contribution in [0.4, 0.5) is 17.5 Å². The summed E-state index contributed by atoms with van der Waals surface area (Å²) < 4.78 is 18.4. The average Bonchev–Trinajstić information content (AvgIpc) is 3.66. The lowest BCUT2D eigenvalue weighted by molar-refractivity contribution is -0.127. The van der Waals surface area contributed by atoms with Gasteiger partial charge in [0.05, 0.1) is 40.3 Å². The molecule has 2 aliphatic heterocycles. The van der Waals surface area contributed by atoms with Crippen molar-refractivity contribution in [2.24, 2.45) is 0 Å². The van der Waals surface area contributed by atoms with Gasteiger partial charge in [-0.25, -0.2) is 4.98 Å². The van der Waals surface area contributed by atoms with Crippen LogP contribution in [0.1, 0.15) is 25.7 Å². The van der Waals surface area contributed by atoms with E-state index in [4.69, 9.17) is 24.2 Å². The molecule has 3 aromatic rings. The highest BCUT2D eigenvalue weighted by Gasteiger charge is 2.28. The molecule has 37 heavy (non-hydrogen) atoms. The minimum atomic E-state index is -0.0370. The van der Waals surface area contributed by atoms with Crippen molar-refractivity contribution in [2.75, 3.05) is 57.8 Å². The Morgan fingerprint density at radius 3 is 2.49 bits per heavy atom. The van der Waals surface area contributed by atoms with Gasteiger partial charge < -0.3 is 39.0 Å². The molecule has 2 fully saturated rings. The van der Waals surface area contributed by atoms with Crippen molar-refractivity contribution in [3.63, 3.8) is 0 Å². The summed E-state index contributed by atoms with van der Waals surface area (Å²) in [6.45, 7) is 2.75. The lowest BCUT2D eigenvalue weighted by Crippen LogP contribution is -2.33. The summed E-state index contributed by atoms with van der Waals surface area (Å²) >= 11 is 0. The molecule has 2 aromatic heterocycles. The van der Waals surface area contributed by atoms with Crippen LogP contribution in [0.15, 0.2) is 18.5 Å². The number of hydrogen-bond donors (Lipinski definition) is 2. The summed E-state index contributed by atoms with van der Waals surface area (Å²) in [4.78, 5) is 30.4. The normalized spacial score (nSPS) is 17.6. The minimum absolute atomic E-state index is 0.0351. The van der Waals surface area contributed by atoms with E-state index in [0.717, 1.165) is 32.4 Å². The number of aliphatic hydroxyl groups is 1. The molecule has 2 aliphatic rings. The van der Waals surface area contributed by atoms with Crippen molar-refractivity contribution in [3.8, 4) is 17.2 Å². The molecule has 12 heteroatoms. The molecular formula is C25H33N7O5. The lowest BCUT2D eigenvalue weighted by atomic mass is 10.2. The Morgan fingerprint density at radius 1 is 1.05 bits per heavy atom. The lowest BCUT2D eigenvalue weighted by Gasteiger charge is -2.24. The standard InChI is InChI=1S/C25H33N7O5/c1-35-18-12-16(13-19(36-2)22(18)37-3)27-23-21-24(29-25(28-23)32-9-4-6-17(32)14-33)31(15-26-21)11-10-30-8-5-7-20(30)34/h12-13,15,17,33H,4-11,14H2,1-3H3,(H,27,28,29). The van der Waals surface area contributed by atoms with Crippen LogP contribution < -0.4 is 24.4 Å². The highest BCUT2D eigenvalue weighted by Crippen LogP contribution is 2.41. The molecule has 1 unspecified atom stereocenters. The molecule has 1 atom stereocenters. The zero-order valence-corrected chi connectivity index (χ0v) is 21.4. The van der Waals surface area contributed by atoms with E-state index in [1.807, 2.05) is 14.4 Å². The molecule has 0 bridgehead atoms. The number of benzene rings is 1. The number of carbonyl (C=O) groups is 1. The molecule has 0 saturated carbocycles. The molecule has 1 amide bonds. The Kier molecular flexibility index (Phi) is 7.17. The number of imidazole rings is 1. The molecule has 198 valence electrons. The van der Waals surface area contributed by atoms with E-state index < -0.39 is 0 Å². The first-order valence-electron chi connectivity index (χ1n) is 12.5. The number of ether oxygens (including phenoxy) is 3. The Morgan fingerprint density at radius 2 is 1.84 bits per heavy atom. The zero-order chi connectivity index (χ0) is 25.9. The minimum Gasteiger partial charge on any atom is -0.493 e. The van der Waals surface area contributed by atoms with Crippen LogP contribution in [0.25, 0.3) is 11.2 Å². The van der Waals surface area contributed by atoms with E-state index in [1.165, 1.54) is 0 Å². The Labute approximate surface area is 215 Å². The van der Waals surface area contributed by atoms with Crippen LogP contribution >= 0.6 is 0 Å². The fraction of sp³-hybridized carbons (Fsp3) is 0.520. The van der Waals surface area contributed by atoms with Gasteiger partial charge in [0.1, 0.15) is 0 Å². The van der Waals surface area contributed by atoms with Gasteiger partial charge >= 0.3 is 0 Å². The van der Waals surface area contributed by atoms with Gasteiger partial charge in [0.25, 0.3) is 0 Å². The van der Waals surface area contributed by atoms with Crippen molar-refractivity contribution in [2.45, 2.75) is 38.3 Å². The molecule has 0 radical (unpaired) electrons. The molecular weight excluding hydrogens is 478 g/mol. The van der Waals surface area contributed by atoms with Crippen molar-refractivity contribution in [1.29, 1.82) is 0 Å². The Bertz CT molecular complexity index is 1250. The topological polar surface area (TPSA) is 127 Å². The maximum absolute atomic E-state index is 12.1. The first-order valence-corrected chi connectivity index (χ1v) is 12.5. The highest BCUT2D eigenvalue weighted by atomic mass is 16.5. The predicted octanol–water partition coefficient (Wildman–Crippen LogP) is 2.18. The second-order valence-corrected chi connectivity index (χ2v) is 9.18. The van der Waals surface area contributed by atoms with Crippen LogP contribution in [-0.4, -0.2) is 89.0 Å². The fourth-order valence-electron chi connectivity index (χ4n) is 5.06. The van der Waals surface area contributed by atoms with E-state index in [0.29, 0.717) is 65.4 Å². The highest BCUT2D eigenvalue weighted by molar-refractivity contribution is 5.87. The SMILES string of the molecule is COc1cc(Nc2nc(N3CCCC3CO)nc3c2ncn3CCN2CCCC2=O)cc(OC)c1OC. The van der Waals surface area contributed by atoms with Crippen LogP contribution in [0.5, 0.6) is 17.2 Å². The van der Waals surface area contributed by atoms with E-state index in [9.17, 15) is 9.90 Å². The number of methoxy groups -OCH3 is 3. The van der Waals surface area contributed by atoms with E-state index in [1.54, 1.807) is 39.8 Å². The quantitative estimate of drug-likeness (QED) is 0.418. The fourth-order valence-corrected chi connectivity index (χ4v) is 5.06. The third-order valence-corrected chi connectivity index (χ3v) is 7.01. The van der Waals surface area contributed by atoms with Crippen LogP contribution in [0.3, 0.4) is 0 Å². The van der Waals surface area contributed by atoms with Gasteiger partial charge in [0.2, 0.25) is 17.6 Å². The van der Waals surface area contributed by atoms with Gasteiger partial charge in [-0.05, 0) is 19.3 Å². The summed E-state index contributed by atoms with van der Waals surface area (Å²) in [6.07, 6.45) is 5.08. The largest absolute Gasteiger partial charge is 0.493 e. The summed E-state index contributed by atoms with van der Waals surface area (Å²) in [6, 6.07) is 3.57. The van der Waals surface area contributed by atoms with Crippen molar-refractivity contribution in [3.05, 3.63) is 18.5 Å². The van der Waals surface area contributed by atoms with Gasteiger partial charge in [-0.3, -0.25) is 4.79 Å². The molecule has 1 aromatic carbocycles. The second-order valence-electron chi connectivity index (χ2n) is 9.18. The number of aromatic nitrogens is 4. The Hall–Kier alpha value is -3.80. The number of rotatable bonds is 10. The number of nitrogens with one attached hydrogen (secondary N) is 1. The molecule has 0 spiro atoms. The van der Waals surface area contributed by atoms with Gasteiger partial charge in [-0.2, -0.15) is 9.97 Å². The maximum atomic E-state index is 12.1. The molecule has 4 heterocycles. The van der Waals surface area contributed by atoms with Crippen molar-refractivity contribution in [1.82, 2.24) is 24.4 Å². The molecule has 2 saturated heterocycles. The summed E-state index contributed by atoms with van der Waals surface area (Å²) in [5.74, 6) is 2.75. The first-order chi connectivity index (χ1) is 18.1. The van der Waals surface area contributed by atoms with Gasteiger partial charge in [0, 0.05) is 50.4 Å². The predicted molar refractivity (Wildman–Crippen MR) is 138 cm³/mol. The third-order valence-electron chi connectivity index (χ3n) is 7.01. The molecule has 0 aliphatic carbocycles. The van der Waals surface area contributed by atoms with Crippen LogP contribution in [0.2, 0.25) is 0 Å². The van der Waals surface area contributed by atoms with Crippen molar-refractivity contribution >= 4 is 34.5 Å². The second kappa shape index (κ2) is 10.7. The van der Waals surface area contributed by atoms with Gasteiger partial charge in [-0.15, -0.1) is 0 Å². The molecule has 5 rings (SSSR count). The first kappa shape index (κ1) is 24.9. The number of nitrogens with zero attached hydrogens (tertiary/aromatic N) is 6. The zero-order valence-electron chi connectivity index (χ0n) is 21.4. The summed E-state index contributed by atoms with van der Waals surface area (Å²) in [5.41, 5.74) is 1.94. The van der Waals surface area contributed by atoms with Gasteiger partial charge in [0.15, 0.2) is 28.5 Å². The summed E-state index contributed by atoms with van der Waals surface area (Å²) in [5, 5.41) is 13.3. The smallest absolute Gasteiger partial charge is 0.229 e. The number of carbonyl (C=O) groups excluding carboxylic acids is 1. The van der Waals surface area contributed by atoms with E-state index >= 15 is 0 Å². The van der Waals surface area contributed by atoms with E-state index in [-0.39, 0.29) is 18.6 Å². The maximum Gasteiger partial charge on any atom is 0.229 e. The van der Waals surface area contributed by atoms with Crippen LogP contribution in [0, 0.1) is 0 Å². The number of fused-ring (bicyclic) bond motifs is 1. The van der Waals surface area contributed by atoms with Crippen LogP contribution in [-0.2, 0) is 11.3 Å². The Balaban J connectivity index is 1.54. The number of amides is 1. The molecule has 2 N–H and O–H groups in total. The molecule has 12 nitrogen and oxygen atoms in total. The number of hydrogen-bond acceptors (Lipinski definition) is 10. The monoisotopic (exact) mass is 511 g/mol. The number of aliphatic hydroxyl groups excluding tert-OH is 1. The average molecular weight is 512 g/mol. The number of anilines is 3. The summed E-state index contributed by atoms with van der Waals surface area (Å²) in [7, 11) is 4.69. The van der Waals surface area contributed by atoms with Crippen molar-refractivity contribution < 1.29 is 24.1 Å². The van der Waals surface area contributed by atoms with Gasteiger partial charge in [-0.1, -0.05) is 0 Å².